The van der Waals surface area contributed by atoms with Crippen molar-refractivity contribution in [3.05, 3.63) is 48.0 Å². The predicted octanol–water partition coefficient (Wildman–Crippen LogP) is 3.48. The summed E-state index contributed by atoms with van der Waals surface area (Å²) in [7, 11) is -1.94. The average Bonchev–Trinajstić information content (AvgIpc) is 3.19. The fourth-order valence-electron chi connectivity index (χ4n) is 3.56. The Balaban J connectivity index is 1.41. The van der Waals surface area contributed by atoms with E-state index in [1.54, 1.807) is 7.11 Å². The van der Waals surface area contributed by atoms with Gasteiger partial charge in [0.15, 0.2) is 0 Å². The van der Waals surface area contributed by atoms with Crippen LogP contribution in [0.3, 0.4) is 0 Å². The Hall–Kier alpha value is -2.69. The lowest BCUT2D eigenvalue weighted by Crippen LogP contribution is -2.39. The molecule has 2 heterocycles. The number of fused-ring (bicyclic) bond motifs is 1. The van der Waals surface area contributed by atoms with Crippen LogP contribution in [0.5, 0.6) is 5.75 Å². The summed E-state index contributed by atoms with van der Waals surface area (Å²) in [4.78, 5) is 17.1. The molecule has 1 aliphatic rings. The smallest absolute Gasteiger partial charge is 0.269 e. The normalized spacial score (nSPS) is 17.4. The van der Waals surface area contributed by atoms with E-state index < -0.39 is 10.0 Å². The van der Waals surface area contributed by atoms with Crippen molar-refractivity contribution < 1.29 is 17.9 Å². The number of rotatable bonds is 6. The van der Waals surface area contributed by atoms with Gasteiger partial charge in [-0.3, -0.25) is 15.6 Å². The number of hydrogen-bond acceptors (Lipinski definition) is 7. The second-order valence-electron chi connectivity index (χ2n) is 7.57. The number of benzene rings is 2. The van der Waals surface area contributed by atoms with Crippen LogP contribution in [-0.4, -0.2) is 43.8 Å². The third-order valence-electron chi connectivity index (χ3n) is 5.25. The van der Waals surface area contributed by atoms with Crippen LogP contribution in [0.4, 0.5) is 5.13 Å². The largest absolute Gasteiger partial charge is 0.497 e. The summed E-state index contributed by atoms with van der Waals surface area (Å²) in [5, 5.41) is 0.537. The van der Waals surface area contributed by atoms with Gasteiger partial charge < -0.3 is 4.74 Å². The molecular weight excluding hydrogens is 436 g/mol. The van der Waals surface area contributed by atoms with Gasteiger partial charge in [0.1, 0.15) is 5.75 Å². The Bertz CT molecular complexity index is 1190. The zero-order valence-electron chi connectivity index (χ0n) is 17.3. The molecule has 3 aromatic rings. The Morgan fingerprint density at radius 3 is 2.71 bits per heavy atom. The van der Waals surface area contributed by atoms with Crippen LogP contribution in [0, 0.1) is 5.92 Å². The van der Waals surface area contributed by atoms with Gasteiger partial charge in [0, 0.05) is 18.7 Å². The minimum Gasteiger partial charge on any atom is -0.497 e. The highest BCUT2D eigenvalue weighted by Crippen LogP contribution is 2.29. The molecule has 1 saturated heterocycles. The average molecular weight is 461 g/mol. The number of amides is 1. The summed E-state index contributed by atoms with van der Waals surface area (Å²) in [5.74, 6) is 0.705. The molecule has 1 aliphatic heterocycles. The van der Waals surface area contributed by atoms with Gasteiger partial charge in [-0.25, -0.2) is 13.4 Å². The van der Waals surface area contributed by atoms with Crippen LogP contribution in [0.25, 0.3) is 10.2 Å². The fourth-order valence-corrected chi connectivity index (χ4v) is 6.01. The molecule has 2 N–H and O–H groups in total. The van der Waals surface area contributed by atoms with Crippen molar-refractivity contribution in [2.75, 3.05) is 25.6 Å². The summed E-state index contributed by atoms with van der Waals surface area (Å²) in [6.45, 7) is 3.12. The van der Waals surface area contributed by atoms with Crippen molar-refractivity contribution in [2.24, 2.45) is 5.92 Å². The molecule has 1 atom stereocenters. The van der Waals surface area contributed by atoms with Crippen LogP contribution >= 0.6 is 11.3 Å². The second-order valence-corrected chi connectivity index (χ2v) is 10.5. The SMILES string of the molecule is COc1ccc2nc(NNC(=O)c3ccc(S(=O)(=O)N4CCC[C@@H](C)C4)cc3)sc2c1. The van der Waals surface area contributed by atoms with E-state index in [1.165, 1.54) is 39.9 Å². The second kappa shape index (κ2) is 8.81. The Morgan fingerprint density at radius 2 is 2.00 bits per heavy atom. The lowest BCUT2D eigenvalue weighted by atomic mass is 10.0. The van der Waals surface area contributed by atoms with Crippen molar-refractivity contribution >= 4 is 42.6 Å². The lowest BCUT2D eigenvalue weighted by molar-refractivity contribution is 0.0962. The number of hydrogen-bond donors (Lipinski definition) is 2. The van der Waals surface area contributed by atoms with Crippen molar-refractivity contribution in [1.29, 1.82) is 0 Å². The highest BCUT2D eigenvalue weighted by Gasteiger charge is 2.28. The highest BCUT2D eigenvalue weighted by atomic mass is 32.2. The van der Waals surface area contributed by atoms with Crippen molar-refractivity contribution in [3.8, 4) is 5.75 Å². The van der Waals surface area contributed by atoms with Gasteiger partial charge in [-0.2, -0.15) is 4.31 Å². The topological polar surface area (TPSA) is 101 Å². The van der Waals surface area contributed by atoms with E-state index in [1.807, 2.05) is 18.2 Å². The van der Waals surface area contributed by atoms with Crippen LogP contribution < -0.4 is 15.6 Å². The number of aromatic nitrogens is 1. The molecule has 10 heteroatoms. The van der Waals surface area contributed by atoms with E-state index in [4.69, 9.17) is 4.74 Å². The molecular formula is C21H24N4O4S2. The predicted molar refractivity (Wildman–Crippen MR) is 121 cm³/mol. The van der Waals surface area contributed by atoms with Crippen molar-refractivity contribution in [1.82, 2.24) is 14.7 Å². The quantitative estimate of drug-likeness (QED) is 0.546. The molecule has 0 unspecified atom stereocenters. The van der Waals surface area contributed by atoms with Crippen molar-refractivity contribution in [3.63, 3.8) is 0 Å². The van der Waals surface area contributed by atoms with E-state index in [0.717, 1.165) is 28.8 Å². The molecule has 4 rings (SSSR count). The minimum atomic E-state index is -3.55. The first kappa shape index (κ1) is 21.5. The molecule has 1 fully saturated rings. The molecule has 31 heavy (non-hydrogen) atoms. The van der Waals surface area contributed by atoms with Gasteiger partial charge in [0.2, 0.25) is 15.2 Å². The molecule has 0 spiro atoms. The summed E-state index contributed by atoms with van der Waals surface area (Å²) in [5.41, 5.74) is 6.56. The van der Waals surface area contributed by atoms with Gasteiger partial charge in [0.05, 0.1) is 22.2 Å². The summed E-state index contributed by atoms with van der Waals surface area (Å²) in [6.07, 6.45) is 1.91. The first-order valence-electron chi connectivity index (χ1n) is 9.98. The summed E-state index contributed by atoms with van der Waals surface area (Å²) in [6, 6.07) is 11.5. The van der Waals surface area contributed by atoms with Crippen LogP contribution in [0.15, 0.2) is 47.4 Å². The molecule has 2 aromatic carbocycles. The standard InChI is InChI=1S/C21H24N4O4S2/c1-14-4-3-11-25(13-14)31(27,28)17-8-5-15(6-9-17)20(26)23-24-21-22-18-10-7-16(29-2)12-19(18)30-21/h5-10,12,14H,3-4,11,13H2,1-2H3,(H,22,24)(H,23,26)/t14-/m1/s1. The molecule has 8 nitrogen and oxygen atoms in total. The van der Waals surface area contributed by atoms with E-state index in [-0.39, 0.29) is 10.8 Å². The Kier molecular flexibility index (Phi) is 6.12. The number of sulfonamides is 1. The zero-order chi connectivity index (χ0) is 22.0. The Labute approximate surface area is 185 Å². The van der Waals surface area contributed by atoms with Gasteiger partial charge >= 0.3 is 0 Å². The van der Waals surface area contributed by atoms with Crippen LogP contribution in [-0.2, 0) is 10.0 Å². The number of methoxy groups -OCH3 is 1. The van der Waals surface area contributed by atoms with Gasteiger partial charge in [-0.05, 0) is 61.2 Å². The first-order chi connectivity index (χ1) is 14.9. The minimum absolute atomic E-state index is 0.200. The molecule has 0 aliphatic carbocycles. The number of thiazole rings is 1. The number of anilines is 1. The number of piperidine rings is 1. The molecule has 1 aromatic heterocycles. The monoisotopic (exact) mass is 460 g/mol. The Morgan fingerprint density at radius 1 is 1.23 bits per heavy atom. The maximum Gasteiger partial charge on any atom is 0.269 e. The zero-order valence-corrected chi connectivity index (χ0v) is 18.9. The third-order valence-corrected chi connectivity index (χ3v) is 8.07. The summed E-state index contributed by atoms with van der Waals surface area (Å²) < 4.78 is 33.4. The van der Waals surface area contributed by atoms with E-state index in [0.29, 0.717) is 29.7 Å². The number of nitrogens with one attached hydrogen (secondary N) is 2. The molecule has 0 saturated carbocycles. The van der Waals surface area contributed by atoms with Crippen LogP contribution in [0.1, 0.15) is 30.1 Å². The third kappa shape index (κ3) is 4.65. The number of nitrogens with zero attached hydrogens (tertiary/aromatic N) is 2. The van der Waals surface area contributed by atoms with E-state index >= 15 is 0 Å². The maximum absolute atomic E-state index is 12.9. The van der Waals surface area contributed by atoms with Crippen LogP contribution in [0.2, 0.25) is 0 Å². The van der Waals surface area contributed by atoms with Gasteiger partial charge in [-0.15, -0.1) is 0 Å². The number of carbonyl (C=O) groups excluding carboxylic acids is 1. The fraction of sp³-hybridized carbons (Fsp3) is 0.333. The molecule has 0 radical (unpaired) electrons. The number of hydrazine groups is 1. The maximum atomic E-state index is 12.9. The first-order valence-corrected chi connectivity index (χ1v) is 12.2. The molecule has 0 bridgehead atoms. The lowest BCUT2D eigenvalue weighted by Gasteiger charge is -2.30. The number of ether oxygens (including phenoxy) is 1. The molecule has 164 valence electrons. The van der Waals surface area contributed by atoms with Gasteiger partial charge in [-0.1, -0.05) is 18.3 Å². The van der Waals surface area contributed by atoms with E-state index in [9.17, 15) is 13.2 Å². The number of carbonyl (C=O) groups is 1. The van der Waals surface area contributed by atoms with Crippen molar-refractivity contribution in [2.45, 2.75) is 24.7 Å². The van der Waals surface area contributed by atoms with Gasteiger partial charge in [0.25, 0.3) is 5.91 Å². The summed E-state index contributed by atoms with van der Waals surface area (Å²) >= 11 is 1.38. The van der Waals surface area contributed by atoms with E-state index in [2.05, 4.69) is 22.8 Å². The highest BCUT2D eigenvalue weighted by molar-refractivity contribution is 7.89. The molecule has 1 amide bonds.